The van der Waals surface area contributed by atoms with Gasteiger partial charge in [0, 0.05) is 35.6 Å². The van der Waals surface area contributed by atoms with E-state index in [4.69, 9.17) is 24.2 Å². The molecule has 4 aromatic carbocycles. The average Bonchev–Trinajstić information content (AvgIpc) is 4.00. The Hall–Kier alpha value is -7.43. The Balaban J connectivity index is 0.000000164. The Morgan fingerprint density at radius 2 is 0.846 bits per heavy atom. The van der Waals surface area contributed by atoms with Crippen LogP contribution in [0.2, 0.25) is 0 Å². The van der Waals surface area contributed by atoms with Crippen LogP contribution in [0, 0.1) is 17.5 Å². The summed E-state index contributed by atoms with van der Waals surface area (Å²) in [5.74, 6) is 0.863. The summed E-state index contributed by atoms with van der Waals surface area (Å²) in [4.78, 5) is 27.2. The lowest BCUT2D eigenvalue weighted by Crippen LogP contribution is -2.29. The van der Waals surface area contributed by atoms with E-state index >= 15 is 0 Å². The summed E-state index contributed by atoms with van der Waals surface area (Å²) in [6, 6.07) is 30.2. The van der Waals surface area contributed by atoms with E-state index in [0.717, 1.165) is 91.5 Å². The molecule has 0 unspecified atom stereocenters. The Bertz CT molecular complexity index is 2810. The Morgan fingerprint density at radius 1 is 0.477 bits per heavy atom. The highest BCUT2D eigenvalue weighted by atomic mass is 19.1. The maximum absolute atomic E-state index is 13.6. The first-order chi connectivity index (χ1) is 31.9. The highest BCUT2D eigenvalue weighted by Gasteiger charge is 2.25. The molecule has 13 nitrogen and oxygen atoms in total. The van der Waals surface area contributed by atoms with Gasteiger partial charge in [-0.25, -0.2) is 33.1 Å². The molecular weight excluding hydrogens is 834 g/mol. The van der Waals surface area contributed by atoms with Crippen molar-refractivity contribution in [3.8, 4) is 74.6 Å². The molecule has 4 aromatic heterocycles. The quantitative estimate of drug-likeness (QED) is 0.128. The molecular formula is C49H45F3N10O3. The zero-order valence-corrected chi connectivity index (χ0v) is 35.4. The molecule has 0 aliphatic carbocycles. The fourth-order valence-corrected chi connectivity index (χ4v) is 7.99. The van der Waals surface area contributed by atoms with Gasteiger partial charge in [-0.1, -0.05) is 0 Å². The Kier molecular flexibility index (Phi) is 13.2. The molecule has 0 spiro atoms. The fraction of sp³-hybridized carbons (Fsp3) is 0.224. The largest absolute Gasteiger partial charge is 0.497 e. The van der Waals surface area contributed by atoms with Crippen molar-refractivity contribution in [2.24, 2.45) is 0 Å². The number of aromatic nitrogens is 8. The highest BCUT2D eigenvalue weighted by molar-refractivity contribution is 5.78. The van der Waals surface area contributed by atoms with E-state index in [0.29, 0.717) is 28.9 Å². The van der Waals surface area contributed by atoms with E-state index in [1.165, 1.54) is 48.5 Å². The molecule has 2 fully saturated rings. The van der Waals surface area contributed by atoms with Gasteiger partial charge in [0.15, 0.2) is 0 Å². The summed E-state index contributed by atoms with van der Waals surface area (Å²) >= 11 is 0. The van der Waals surface area contributed by atoms with Crippen LogP contribution >= 0.6 is 0 Å². The molecule has 0 saturated carbocycles. The number of piperidine rings is 2. The third-order valence-corrected chi connectivity index (χ3v) is 11.3. The van der Waals surface area contributed by atoms with Crippen LogP contribution in [-0.2, 0) is 0 Å². The number of rotatable bonds is 11. The van der Waals surface area contributed by atoms with Crippen molar-refractivity contribution in [3.05, 3.63) is 152 Å². The van der Waals surface area contributed by atoms with Gasteiger partial charge in [0.05, 0.1) is 53.9 Å². The first-order valence-corrected chi connectivity index (χ1v) is 21.4. The predicted octanol–water partition coefficient (Wildman–Crippen LogP) is 9.87. The summed E-state index contributed by atoms with van der Waals surface area (Å²) < 4.78 is 61.4. The zero-order valence-electron chi connectivity index (χ0n) is 35.4. The minimum atomic E-state index is -0.346. The van der Waals surface area contributed by atoms with Crippen molar-refractivity contribution in [3.63, 3.8) is 0 Å². The number of halogens is 3. The first kappa shape index (κ1) is 42.9. The summed E-state index contributed by atoms with van der Waals surface area (Å²) in [5.41, 5.74) is 6.14. The molecule has 0 radical (unpaired) electrons. The predicted molar refractivity (Wildman–Crippen MR) is 239 cm³/mol. The number of methoxy groups -OCH3 is 1. The first-order valence-electron chi connectivity index (χ1n) is 21.4. The minimum Gasteiger partial charge on any atom is -0.497 e. The van der Waals surface area contributed by atoms with Crippen LogP contribution in [-0.4, -0.2) is 72.3 Å². The zero-order chi connectivity index (χ0) is 44.5. The molecule has 330 valence electrons. The van der Waals surface area contributed by atoms with Gasteiger partial charge >= 0.3 is 12.0 Å². The lowest BCUT2D eigenvalue weighted by molar-refractivity contribution is 0.370. The van der Waals surface area contributed by atoms with Gasteiger partial charge < -0.3 is 34.0 Å². The van der Waals surface area contributed by atoms with Crippen molar-refractivity contribution < 1.29 is 27.4 Å². The molecule has 0 bridgehead atoms. The second-order valence-corrected chi connectivity index (χ2v) is 15.5. The number of benzene rings is 4. The molecule has 0 amide bonds. The monoisotopic (exact) mass is 878 g/mol. The number of imidazole rings is 2. The maximum atomic E-state index is 13.6. The van der Waals surface area contributed by atoms with Gasteiger partial charge in [-0.2, -0.15) is 9.97 Å². The number of nitrogens with zero attached hydrogens (tertiary/aromatic N) is 8. The normalized spacial score (nSPS) is 14.3. The average molecular weight is 879 g/mol. The van der Waals surface area contributed by atoms with Crippen LogP contribution in [0.5, 0.6) is 29.3 Å². The topological polar surface area (TPSA) is 139 Å². The smallest absolute Gasteiger partial charge is 0.322 e. The summed E-state index contributed by atoms with van der Waals surface area (Å²) in [6.45, 7) is 3.75. The van der Waals surface area contributed by atoms with Gasteiger partial charge in [-0.15, -0.1) is 0 Å². The minimum absolute atomic E-state index is 0.150. The van der Waals surface area contributed by atoms with Crippen molar-refractivity contribution in [1.82, 2.24) is 49.7 Å². The van der Waals surface area contributed by atoms with E-state index in [1.807, 2.05) is 30.9 Å². The van der Waals surface area contributed by atoms with Crippen molar-refractivity contribution in [2.45, 2.75) is 37.8 Å². The van der Waals surface area contributed by atoms with Gasteiger partial charge in [-0.05, 0) is 161 Å². The fourth-order valence-electron chi connectivity index (χ4n) is 7.99. The molecule has 8 aromatic rings. The summed E-state index contributed by atoms with van der Waals surface area (Å²) in [6.07, 6.45) is 10.9. The van der Waals surface area contributed by atoms with Crippen molar-refractivity contribution >= 4 is 0 Å². The van der Waals surface area contributed by atoms with Crippen molar-refractivity contribution in [2.75, 3.05) is 33.3 Å². The molecule has 16 heteroatoms. The van der Waals surface area contributed by atoms with Gasteiger partial charge in [0.2, 0.25) is 0 Å². The van der Waals surface area contributed by atoms with Gasteiger partial charge in [-0.3, -0.25) is 0 Å². The molecule has 2 N–H and O–H groups in total. The summed E-state index contributed by atoms with van der Waals surface area (Å²) in [7, 11) is 1.62. The van der Waals surface area contributed by atoms with E-state index < -0.39 is 0 Å². The molecule has 2 aliphatic rings. The highest BCUT2D eigenvalue weighted by Crippen LogP contribution is 2.37. The lowest BCUT2D eigenvalue weighted by Gasteiger charge is -2.25. The standard InChI is InChI=1S/C25H24FN5O2.C24H21F2N5O/c1-32-20-6-8-21(9-7-20)33-25-28-15-12-22(30-25)24-23(17-2-4-18(26)5-3-17)29-16-31(24)19-10-13-27-14-11-19;25-17-3-1-16(2-4-17)22-23(31(15-29-22)19-9-12-27-13-10-19)21-11-14-28-24(30-21)32-20-7-5-18(26)6-8-20/h2-9,12,15-16,19,27H,10-11,13-14H2,1H3;1-8,11,14-15,19,27H,9-10,12-13H2. The van der Waals surface area contributed by atoms with Crippen LogP contribution in [0.4, 0.5) is 13.2 Å². The van der Waals surface area contributed by atoms with Gasteiger partial charge in [0.25, 0.3) is 0 Å². The number of hydrogen-bond donors (Lipinski definition) is 2. The molecule has 0 atom stereocenters. The molecule has 65 heavy (non-hydrogen) atoms. The van der Waals surface area contributed by atoms with Crippen LogP contribution in [0.3, 0.4) is 0 Å². The van der Waals surface area contributed by atoms with E-state index in [-0.39, 0.29) is 35.5 Å². The number of ether oxygens (including phenoxy) is 3. The molecule has 2 saturated heterocycles. The SMILES string of the molecule is COc1ccc(Oc2nccc(-c3c(-c4ccc(F)cc4)ncn3C3CCNCC3)n2)cc1.Fc1ccc(Oc2nccc(-c3c(-c4ccc(F)cc4)ncn3C3CCNCC3)n2)cc1. The van der Waals surface area contributed by atoms with Crippen LogP contribution in [0.1, 0.15) is 37.8 Å². The molecule has 6 heterocycles. The Labute approximate surface area is 373 Å². The van der Waals surface area contributed by atoms with E-state index in [1.54, 1.807) is 62.0 Å². The van der Waals surface area contributed by atoms with Crippen LogP contribution in [0.25, 0.3) is 45.3 Å². The summed E-state index contributed by atoms with van der Waals surface area (Å²) in [5, 5.41) is 6.78. The Morgan fingerprint density at radius 3 is 1.25 bits per heavy atom. The number of hydrogen-bond acceptors (Lipinski definition) is 11. The molecule has 10 rings (SSSR count). The molecule has 2 aliphatic heterocycles. The van der Waals surface area contributed by atoms with Crippen molar-refractivity contribution in [1.29, 1.82) is 0 Å². The third-order valence-electron chi connectivity index (χ3n) is 11.3. The lowest BCUT2D eigenvalue weighted by atomic mass is 10.0. The second kappa shape index (κ2) is 20.0. The maximum Gasteiger partial charge on any atom is 0.322 e. The van der Waals surface area contributed by atoms with E-state index in [2.05, 4.69) is 39.7 Å². The van der Waals surface area contributed by atoms with Gasteiger partial charge in [0.1, 0.15) is 34.7 Å². The second-order valence-electron chi connectivity index (χ2n) is 15.5. The number of nitrogens with one attached hydrogen (secondary N) is 2. The third kappa shape index (κ3) is 10.2. The van der Waals surface area contributed by atoms with Crippen LogP contribution < -0.4 is 24.8 Å². The van der Waals surface area contributed by atoms with E-state index in [9.17, 15) is 13.2 Å². The van der Waals surface area contributed by atoms with Crippen LogP contribution in [0.15, 0.2) is 134 Å².